The van der Waals surface area contributed by atoms with E-state index in [0.29, 0.717) is 6.54 Å². The maximum absolute atomic E-state index is 11.4. The van der Waals surface area contributed by atoms with Crippen LogP contribution < -0.4 is 0 Å². The summed E-state index contributed by atoms with van der Waals surface area (Å²) in [6, 6.07) is 0. The van der Waals surface area contributed by atoms with E-state index in [0.717, 1.165) is 19.4 Å². The smallest absolute Gasteiger partial charge is 0.151 e. The minimum Gasteiger partial charge on any atom is -0.288 e. The van der Waals surface area contributed by atoms with Gasteiger partial charge in [-0.15, -0.1) is 0 Å². The Bertz CT molecular complexity index is 294. The molecular weight excluding hydrogens is 313 g/mol. The molecule has 0 radical (unpaired) electrons. The second-order valence-electron chi connectivity index (χ2n) is 4.45. The van der Waals surface area contributed by atoms with Gasteiger partial charge in [-0.05, 0) is 33.2 Å². The highest BCUT2D eigenvalue weighted by atomic mass is 127. The van der Waals surface area contributed by atoms with Crippen molar-refractivity contribution in [1.29, 1.82) is 0 Å². The van der Waals surface area contributed by atoms with E-state index in [1.54, 1.807) is 0 Å². The molecule has 14 heavy (non-hydrogen) atoms. The van der Waals surface area contributed by atoms with Crippen LogP contribution in [0.15, 0.2) is 0 Å². The van der Waals surface area contributed by atoms with Crippen molar-refractivity contribution in [3.8, 4) is 0 Å². The Balaban J connectivity index is 2.71. The van der Waals surface area contributed by atoms with Crippen molar-refractivity contribution in [3.63, 3.8) is 0 Å². The number of hydrogen-bond acceptors (Lipinski definition) is 3. The molecule has 0 amide bonds. The van der Waals surface area contributed by atoms with Crippen LogP contribution in [0.3, 0.4) is 0 Å². The third kappa shape index (κ3) is 3.34. The van der Waals surface area contributed by atoms with Gasteiger partial charge in [-0.1, -0.05) is 22.6 Å². The first-order valence-corrected chi connectivity index (χ1v) is 7.87. The molecule has 0 aromatic carbocycles. The summed E-state index contributed by atoms with van der Waals surface area (Å²) in [5, 5.41) is -0.162. The molecule has 1 atom stereocenters. The van der Waals surface area contributed by atoms with Gasteiger partial charge in [-0.25, -0.2) is 8.42 Å². The summed E-state index contributed by atoms with van der Waals surface area (Å²) in [7, 11) is -2.86. The maximum atomic E-state index is 11.4. The number of halogens is 1. The minimum atomic E-state index is -2.86. The SMILES string of the molecule is CC(C)(I)N1CCCC(S(C)(=O)=O)C1. The van der Waals surface area contributed by atoms with Crippen LogP contribution in [-0.4, -0.2) is 41.5 Å². The number of rotatable bonds is 2. The zero-order valence-electron chi connectivity index (χ0n) is 8.96. The summed E-state index contributed by atoms with van der Waals surface area (Å²) in [5.74, 6) is 0. The Hall–Kier alpha value is 0.640. The van der Waals surface area contributed by atoms with Gasteiger partial charge in [0.1, 0.15) is 0 Å². The van der Waals surface area contributed by atoms with Gasteiger partial charge in [0.15, 0.2) is 9.84 Å². The van der Waals surface area contributed by atoms with Crippen LogP contribution in [0.25, 0.3) is 0 Å². The van der Waals surface area contributed by atoms with Crippen molar-refractivity contribution < 1.29 is 8.42 Å². The van der Waals surface area contributed by atoms with Gasteiger partial charge < -0.3 is 0 Å². The normalized spacial score (nSPS) is 26.4. The lowest BCUT2D eigenvalue weighted by Crippen LogP contribution is -2.49. The molecule has 0 aromatic heterocycles. The van der Waals surface area contributed by atoms with Crippen LogP contribution in [-0.2, 0) is 9.84 Å². The Morgan fingerprint density at radius 2 is 2.00 bits per heavy atom. The van der Waals surface area contributed by atoms with Crippen molar-refractivity contribution in [2.24, 2.45) is 0 Å². The average molecular weight is 331 g/mol. The lowest BCUT2D eigenvalue weighted by molar-refractivity contribution is 0.176. The highest BCUT2D eigenvalue weighted by Gasteiger charge is 2.33. The monoisotopic (exact) mass is 331 g/mol. The third-order valence-corrected chi connectivity index (χ3v) is 5.01. The number of likely N-dealkylation sites (tertiary alicyclic amines) is 1. The molecule has 84 valence electrons. The van der Waals surface area contributed by atoms with Crippen LogP contribution in [0.4, 0.5) is 0 Å². The fraction of sp³-hybridized carbons (Fsp3) is 1.00. The van der Waals surface area contributed by atoms with E-state index in [1.807, 2.05) is 0 Å². The minimum absolute atomic E-state index is 0.0567. The number of sulfone groups is 1. The van der Waals surface area contributed by atoms with Crippen LogP contribution in [0.5, 0.6) is 0 Å². The van der Waals surface area contributed by atoms with Crippen molar-refractivity contribution in [2.45, 2.75) is 35.5 Å². The molecule has 1 fully saturated rings. The quantitative estimate of drug-likeness (QED) is 0.439. The van der Waals surface area contributed by atoms with E-state index in [1.165, 1.54) is 6.26 Å². The molecule has 1 rings (SSSR count). The van der Waals surface area contributed by atoms with Crippen LogP contribution in [0.1, 0.15) is 26.7 Å². The average Bonchev–Trinajstić information content (AvgIpc) is 2.01. The second kappa shape index (κ2) is 4.25. The topological polar surface area (TPSA) is 37.4 Å². The summed E-state index contributed by atoms with van der Waals surface area (Å²) in [6.07, 6.45) is 3.16. The highest BCUT2D eigenvalue weighted by molar-refractivity contribution is 14.1. The lowest BCUT2D eigenvalue weighted by atomic mass is 10.1. The zero-order chi connectivity index (χ0) is 11.0. The van der Waals surface area contributed by atoms with Gasteiger partial charge in [-0.2, -0.15) is 0 Å². The number of hydrogen-bond donors (Lipinski definition) is 0. The molecule has 1 unspecified atom stereocenters. The van der Waals surface area contributed by atoms with Crippen molar-refractivity contribution in [2.75, 3.05) is 19.3 Å². The molecule has 0 aliphatic carbocycles. The molecule has 1 aliphatic rings. The Morgan fingerprint density at radius 3 is 2.43 bits per heavy atom. The lowest BCUT2D eigenvalue weighted by Gasteiger charge is -2.39. The first-order chi connectivity index (χ1) is 6.21. The van der Waals surface area contributed by atoms with Crippen LogP contribution in [0, 0.1) is 0 Å². The van der Waals surface area contributed by atoms with Crippen LogP contribution >= 0.6 is 22.6 Å². The predicted molar refractivity (Wildman–Crippen MR) is 67.5 cm³/mol. The summed E-state index contributed by atoms with van der Waals surface area (Å²) in [6.45, 7) is 5.95. The molecule has 1 saturated heterocycles. The van der Waals surface area contributed by atoms with Gasteiger partial charge in [0.2, 0.25) is 0 Å². The third-order valence-electron chi connectivity index (χ3n) is 2.74. The maximum Gasteiger partial charge on any atom is 0.151 e. The Kier molecular flexibility index (Phi) is 3.86. The largest absolute Gasteiger partial charge is 0.288 e. The second-order valence-corrected chi connectivity index (χ2v) is 9.42. The first kappa shape index (κ1) is 12.7. The van der Waals surface area contributed by atoms with Gasteiger partial charge in [0.25, 0.3) is 0 Å². The Labute approximate surface area is 100 Å². The summed E-state index contributed by atoms with van der Waals surface area (Å²) in [5.41, 5.74) is 0. The molecule has 0 saturated carbocycles. The molecule has 5 heteroatoms. The molecule has 0 aromatic rings. The van der Waals surface area contributed by atoms with Gasteiger partial charge in [0, 0.05) is 12.8 Å². The molecule has 1 aliphatic heterocycles. The first-order valence-electron chi connectivity index (χ1n) is 4.84. The molecule has 0 bridgehead atoms. The van der Waals surface area contributed by atoms with E-state index in [9.17, 15) is 8.42 Å². The van der Waals surface area contributed by atoms with E-state index in [2.05, 4.69) is 41.3 Å². The fourth-order valence-corrected chi connectivity index (χ4v) is 3.25. The number of nitrogens with zero attached hydrogens (tertiary/aromatic N) is 1. The molecule has 3 nitrogen and oxygen atoms in total. The summed E-state index contributed by atoms with van der Waals surface area (Å²) >= 11 is 2.37. The fourth-order valence-electron chi connectivity index (χ4n) is 1.77. The Morgan fingerprint density at radius 1 is 1.43 bits per heavy atom. The van der Waals surface area contributed by atoms with Crippen LogP contribution in [0.2, 0.25) is 0 Å². The van der Waals surface area contributed by atoms with Gasteiger partial charge in [-0.3, -0.25) is 4.90 Å². The highest BCUT2D eigenvalue weighted by Crippen LogP contribution is 2.28. The summed E-state index contributed by atoms with van der Waals surface area (Å²) in [4.78, 5) is 2.25. The van der Waals surface area contributed by atoms with Gasteiger partial charge >= 0.3 is 0 Å². The zero-order valence-corrected chi connectivity index (χ0v) is 11.9. The van der Waals surface area contributed by atoms with E-state index >= 15 is 0 Å². The standard InChI is InChI=1S/C9H18INO2S/c1-9(2,10)11-6-4-5-8(7-11)14(3,12)13/h8H,4-7H2,1-3H3. The van der Waals surface area contributed by atoms with E-state index in [-0.39, 0.29) is 8.80 Å². The van der Waals surface area contributed by atoms with Crippen molar-refractivity contribution in [1.82, 2.24) is 4.90 Å². The van der Waals surface area contributed by atoms with Crippen molar-refractivity contribution in [3.05, 3.63) is 0 Å². The van der Waals surface area contributed by atoms with E-state index in [4.69, 9.17) is 0 Å². The number of piperidine rings is 1. The summed E-state index contributed by atoms with van der Waals surface area (Å²) < 4.78 is 22.9. The number of alkyl halides is 1. The van der Waals surface area contributed by atoms with E-state index < -0.39 is 9.84 Å². The molecule has 1 heterocycles. The molecule has 0 N–H and O–H groups in total. The molecule has 0 spiro atoms. The van der Waals surface area contributed by atoms with Crippen molar-refractivity contribution >= 4 is 32.4 Å². The predicted octanol–water partition coefficient (Wildman–Crippen LogP) is 1.67. The molecular formula is C9H18INO2S. The van der Waals surface area contributed by atoms with Gasteiger partial charge in [0.05, 0.1) is 8.80 Å².